The Morgan fingerprint density at radius 2 is 1.19 bits per heavy atom. The van der Waals surface area contributed by atoms with Crippen LogP contribution in [-0.2, 0) is 12.0 Å². The standard InChI is InChI=1S/C24H24ClN/c25-23-13-11-20(12-14-23)19-26-17-15-24(16-18-26,21-7-3-1-4-8-21)22-9-5-2-6-10-22/h1-14H,15-19H2. The van der Waals surface area contributed by atoms with E-state index in [0.717, 1.165) is 37.5 Å². The molecule has 3 aromatic rings. The summed E-state index contributed by atoms with van der Waals surface area (Å²) in [5.74, 6) is 0. The molecule has 3 aromatic carbocycles. The summed E-state index contributed by atoms with van der Waals surface area (Å²) in [6.07, 6.45) is 2.29. The highest BCUT2D eigenvalue weighted by Gasteiger charge is 2.37. The maximum atomic E-state index is 6.01. The van der Waals surface area contributed by atoms with Crippen LogP contribution in [0, 0.1) is 0 Å². The molecule has 2 heteroatoms. The van der Waals surface area contributed by atoms with E-state index in [4.69, 9.17) is 11.6 Å². The van der Waals surface area contributed by atoms with Gasteiger partial charge >= 0.3 is 0 Å². The first-order valence-corrected chi connectivity index (χ1v) is 9.72. The Morgan fingerprint density at radius 1 is 0.692 bits per heavy atom. The van der Waals surface area contributed by atoms with Crippen molar-refractivity contribution in [3.8, 4) is 0 Å². The average molecular weight is 362 g/mol. The average Bonchev–Trinajstić information content (AvgIpc) is 2.72. The van der Waals surface area contributed by atoms with Crippen LogP contribution >= 0.6 is 11.6 Å². The third kappa shape index (κ3) is 3.56. The summed E-state index contributed by atoms with van der Waals surface area (Å²) < 4.78 is 0. The summed E-state index contributed by atoms with van der Waals surface area (Å²) in [6.45, 7) is 3.20. The van der Waals surface area contributed by atoms with E-state index < -0.39 is 0 Å². The second kappa shape index (κ2) is 7.65. The van der Waals surface area contributed by atoms with Crippen molar-refractivity contribution in [1.29, 1.82) is 0 Å². The SMILES string of the molecule is Clc1ccc(CN2CCC(c3ccccc3)(c3ccccc3)CC2)cc1. The molecule has 132 valence electrons. The van der Waals surface area contributed by atoms with Gasteiger partial charge in [-0.05, 0) is 54.8 Å². The summed E-state index contributed by atoms with van der Waals surface area (Å²) in [7, 11) is 0. The molecule has 0 aliphatic carbocycles. The lowest BCUT2D eigenvalue weighted by Crippen LogP contribution is -2.43. The Kier molecular flexibility index (Phi) is 5.10. The summed E-state index contributed by atoms with van der Waals surface area (Å²) in [5.41, 5.74) is 4.34. The van der Waals surface area contributed by atoms with Gasteiger partial charge in [0.1, 0.15) is 0 Å². The Bertz CT molecular complexity index is 778. The molecule has 0 amide bonds. The highest BCUT2D eigenvalue weighted by atomic mass is 35.5. The fourth-order valence-corrected chi connectivity index (χ4v) is 4.33. The van der Waals surface area contributed by atoms with Crippen molar-refractivity contribution in [3.05, 3.63) is 107 Å². The number of piperidine rings is 1. The number of halogens is 1. The van der Waals surface area contributed by atoms with Gasteiger partial charge < -0.3 is 0 Å². The Balaban J connectivity index is 1.56. The van der Waals surface area contributed by atoms with Gasteiger partial charge in [-0.3, -0.25) is 4.90 Å². The van der Waals surface area contributed by atoms with E-state index in [0.29, 0.717) is 0 Å². The number of nitrogens with zero attached hydrogens (tertiary/aromatic N) is 1. The first-order chi connectivity index (χ1) is 12.8. The predicted molar refractivity (Wildman–Crippen MR) is 110 cm³/mol. The van der Waals surface area contributed by atoms with E-state index in [1.54, 1.807) is 0 Å². The van der Waals surface area contributed by atoms with Crippen molar-refractivity contribution in [2.45, 2.75) is 24.8 Å². The van der Waals surface area contributed by atoms with Crippen LogP contribution in [0.5, 0.6) is 0 Å². The molecule has 0 atom stereocenters. The van der Waals surface area contributed by atoms with Gasteiger partial charge in [-0.25, -0.2) is 0 Å². The topological polar surface area (TPSA) is 3.24 Å². The highest BCUT2D eigenvalue weighted by Crippen LogP contribution is 2.41. The zero-order valence-corrected chi connectivity index (χ0v) is 15.7. The first kappa shape index (κ1) is 17.3. The molecule has 0 N–H and O–H groups in total. The minimum Gasteiger partial charge on any atom is -0.299 e. The van der Waals surface area contributed by atoms with Crippen molar-refractivity contribution in [2.24, 2.45) is 0 Å². The molecule has 1 aliphatic heterocycles. The zero-order valence-electron chi connectivity index (χ0n) is 14.9. The van der Waals surface area contributed by atoms with Crippen LogP contribution in [0.1, 0.15) is 29.5 Å². The van der Waals surface area contributed by atoms with Crippen LogP contribution < -0.4 is 0 Å². The smallest absolute Gasteiger partial charge is 0.0406 e. The van der Waals surface area contributed by atoms with E-state index in [-0.39, 0.29) is 5.41 Å². The van der Waals surface area contributed by atoms with Crippen molar-refractivity contribution < 1.29 is 0 Å². The molecule has 0 radical (unpaired) electrons. The summed E-state index contributed by atoms with van der Waals surface area (Å²) in [6, 6.07) is 30.3. The maximum Gasteiger partial charge on any atom is 0.0406 e. The molecule has 1 heterocycles. The molecule has 0 spiro atoms. The van der Waals surface area contributed by atoms with Crippen molar-refractivity contribution in [3.63, 3.8) is 0 Å². The lowest BCUT2D eigenvalue weighted by Gasteiger charge is -2.43. The molecule has 26 heavy (non-hydrogen) atoms. The van der Waals surface area contributed by atoms with Gasteiger partial charge in [0.05, 0.1) is 0 Å². The quantitative estimate of drug-likeness (QED) is 0.557. The Labute approximate surface area is 161 Å². The molecule has 0 aromatic heterocycles. The number of likely N-dealkylation sites (tertiary alicyclic amines) is 1. The van der Waals surface area contributed by atoms with Gasteiger partial charge in [0.15, 0.2) is 0 Å². The molecule has 1 nitrogen and oxygen atoms in total. The molecule has 0 unspecified atom stereocenters. The summed E-state index contributed by atoms with van der Waals surface area (Å²) in [4.78, 5) is 2.56. The lowest BCUT2D eigenvalue weighted by molar-refractivity contribution is 0.172. The molecule has 4 rings (SSSR count). The number of benzene rings is 3. The molecule has 1 fully saturated rings. The van der Waals surface area contributed by atoms with E-state index in [9.17, 15) is 0 Å². The van der Waals surface area contributed by atoms with Gasteiger partial charge in [0.25, 0.3) is 0 Å². The molecular formula is C24H24ClN. The van der Waals surface area contributed by atoms with E-state index in [1.807, 2.05) is 12.1 Å². The van der Waals surface area contributed by atoms with E-state index in [1.165, 1.54) is 16.7 Å². The third-order valence-electron chi connectivity index (χ3n) is 5.68. The number of hydrogen-bond acceptors (Lipinski definition) is 1. The Morgan fingerprint density at radius 3 is 1.69 bits per heavy atom. The third-order valence-corrected chi connectivity index (χ3v) is 5.93. The van der Waals surface area contributed by atoms with Crippen molar-refractivity contribution >= 4 is 11.6 Å². The first-order valence-electron chi connectivity index (χ1n) is 9.34. The van der Waals surface area contributed by atoms with Crippen LogP contribution in [0.3, 0.4) is 0 Å². The van der Waals surface area contributed by atoms with Gasteiger partial charge in [0, 0.05) is 17.0 Å². The molecule has 0 bridgehead atoms. The summed E-state index contributed by atoms with van der Waals surface area (Å²) >= 11 is 6.01. The molecule has 1 aliphatic rings. The van der Waals surface area contributed by atoms with Crippen molar-refractivity contribution in [1.82, 2.24) is 4.90 Å². The number of rotatable bonds is 4. The second-order valence-electron chi connectivity index (χ2n) is 7.22. The fourth-order valence-electron chi connectivity index (χ4n) is 4.20. The highest BCUT2D eigenvalue weighted by molar-refractivity contribution is 6.30. The van der Waals surface area contributed by atoms with Gasteiger partial charge in [-0.2, -0.15) is 0 Å². The minimum atomic E-state index is 0.124. The molecular weight excluding hydrogens is 338 g/mol. The molecule has 1 saturated heterocycles. The van der Waals surface area contributed by atoms with Crippen LogP contribution in [0.15, 0.2) is 84.9 Å². The van der Waals surface area contributed by atoms with Gasteiger partial charge in [-0.15, -0.1) is 0 Å². The van der Waals surface area contributed by atoms with Gasteiger partial charge in [0.2, 0.25) is 0 Å². The van der Waals surface area contributed by atoms with Crippen molar-refractivity contribution in [2.75, 3.05) is 13.1 Å². The van der Waals surface area contributed by atoms with Crippen LogP contribution in [0.25, 0.3) is 0 Å². The van der Waals surface area contributed by atoms with Crippen LogP contribution in [-0.4, -0.2) is 18.0 Å². The summed E-state index contributed by atoms with van der Waals surface area (Å²) in [5, 5.41) is 0.805. The van der Waals surface area contributed by atoms with Crippen LogP contribution in [0.2, 0.25) is 5.02 Å². The lowest BCUT2D eigenvalue weighted by atomic mass is 9.68. The van der Waals surface area contributed by atoms with E-state index in [2.05, 4.69) is 77.7 Å². The van der Waals surface area contributed by atoms with Gasteiger partial charge in [-0.1, -0.05) is 84.4 Å². The Hall–Kier alpha value is -2.09. The number of hydrogen-bond donors (Lipinski definition) is 0. The normalized spacial score (nSPS) is 17.1. The predicted octanol–water partition coefficient (Wildman–Crippen LogP) is 5.92. The maximum absolute atomic E-state index is 6.01. The van der Waals surface area contributed by atoms with E-state index >= 15 is 0 Å². The monoisotopic (exact) mass is 361 g/mol. The minimum absolute atomic E-state index is 0.124. The fraction of sp³-hybridized carbons (Fsp3) is 0.250. The largest absolute Gasteiger partial charge is 0.299 e. The zero-order chi connectivity index (χ0) is 17.8. The van der Waals surface area contributed by atoms with Crippen LogP contribution in [0.4, 0.5) is 0 Å². The molecule has 0 saturated carbocycles. The second-order valence-corrected chi connectivity index (χ2v) is 7.65.